The van der Waals surface area contributed by atoms with E-state index in [2.05, 4.69) is 5.32 Å². The van der Waals surface area contributed by atoms with Gasteiger partial charge in [-0.25, -0.2) is 4.39 Å². The second-order valence-corrected chi connectivity index (χ2v) is 3.52. The van der Waals surface area contributed by atoms with Crippen molar-refractivity contribution in [2.75, 3.05) is 13.6 Å². The molecule has 2 N–H and O–H groups in total. The number of nitrogens with one attached hydrogen (secondary N) is 2. The molecular weight excluding hydrogens is 268 g/mol. The third kappa shape index (κ3) is 3.67. The molecule has 2 amide bonds. The first-order valence-electron chi connectivity index (χ1n) is 5.12. The number of rotatable bonds is 3. The van der Waals surface area contributed by atoms with Crippen molar-refractivity contribution in [2.45, 2.75) is 6.18 Å². The topological polar surface area (TPSA) is 58.2 Å². The Morgan fingerprint density at radius 1 is 1.26 bits per heavy atom. The number of carbonyl (C=O) groups excluding carboxylic acids is 2. The Morgan fingerprint density at radius 3 is 2.42 bits per heavy atom. The lowest BCUT2D eigenvalue weighted by molar-refractivity contribution is -0.140. The maximum atomic E-state index is 13.5. The molecule has 0 saturated carbocycles. The van der Waals surface area contributed by atoms with E-state index in [1.54, 1.807) is 0 Å². The molecule has 0 atom stereocenters. The largest absolute Gasteiger partial charge is 0.419 e. The summed E-state index contributed by atoms with van der Waals surface area (Å²) < 4.78 is 50.8. The molecule has 4 nitrogen and oxygen atoms in total. The Labute approximate surface area is 105 Å². The van der Waals surface area contributed by atoms with Crippen LogP contribution in [0.5, 0.6) is 0 Å². The molecule has 8 heteroatoms. The Bertz CT molecular complexity index is 500. The van der Waals surface area contributed by atoms with Crippen LogP contribution in [0.25, 0.3) is 0 Å². The highest BCUT2D eigenvalue weighted by atomic mass is 19.4. The third-order valence-corrected chi connectivity index (χ3v) is 2.24. The van der Waals surface area contributed by atoms with Gasteiger partial charge in [0.25, 0.3) is 5.91 Å². The van der Waals surface area contributed by atoms with Gasteiger partial charge in [0.05, 0.1) is 17.7 Å². The zero-order valence-electron chi connectivity index (χ0n) is 9.77. The van der Waals surface area contributed by atoms with E-state index in [0.717, 1.165) is 12.1 Å². The monoisotopic (exact) mass is 278 g/mol. The van der Waals surface area contributed by atoms with Crippen molar-refractivity contribution in [3.63, 3.8) is 0 Å². The fraction of sp³-hybridized carbons (Fsp3) is 0.273. The number of hydrogen-bond donors (Lipinski definition) is 2. The lowest BCUT2D eigenvalue weighted by Gasteiger charge is -2.11. The van der Waals surface area contributed by atoms with Gasteiger partial charge in [-0.1, -0.05) is 6.07 Å². The van der Waals surface area contributed by atoms with Gasteiger partial charge in [0.15, 0.2) is 0 Å². The second kappa shape index (κ2) is 5.68. The number of likely N-dealkylation sites (N-methyl/N-ethyl adjacent to an activating group) is 1. The Balaban J connectivity index is 2.96. The van der Waals surface area contributed by atoms with Crippen LogP contribution in [-0.4, -0.2) is 25.4 Å². The van der Waals surface area contributed by atoms with Crippen molar-refractivity contribution in [3.8, 4) is 0 Å². The van der Waals surface area contributed by atoms with Gasteiger partial charge in [-0.2, -0.15) is 13.2 Å². The van der Waals surface area contributed by atoms with Crippen molar-refractivity contribution < 1.29 is 27.2 Å². The molecule has 0 radical (unpaired) electrons. The standard InChI is InChI=1S/C11H10F4N2O2/c1-16-8(18)5-17-10(19)6-3-2-4-7(9(6)12)11(13,14)15/h2-4H,5H2,1H3,(H,16,18)(H,17,19). The lowest BCUT2D eigenvalue weighted by atomic mass is 10.1. The van der Waals surface area contributed by atoms with E-state index in [9.17, 15) is 27.2 Å². The molecule has 19 heavy (non-hydrogen) atoms. The van der Waals surface area contributed by atoms with Crippen molar-refractivity contribution in [2.24, 2.45) is 0 Å². The van der Waals surface area contributed by atoms with Crippen molar-refractivity contribution in [1.29, 1.82) is 0 Å². The zero-order chi connectivity index (χ0) is 14.6. The number of alkyl halides is 3. The summed E-state index contributed by atoms with van der Waals surface area (Å²) >= 11 is 0. The molecule has 0 aliphatic carbocycles. The lowest BCUT2D eigenvalue weighted by Crippen LogP contribution is -2.35. The highest BCUT2D eigenvalue weighted by Gasteiger charge is 2.35. The second-order valence-electron chi connectivity index (χ2n) is 3.52. The van der Waals surface area contributed by atoms with Crippen molar-refractivity contribution in [3.05, 3.63) is 35.1 Å². The normalized spacial score (nSPS) is 11.0. The van der Waals surface area contributed by atoms with Crippen LogP contribution in [0, 0.1) is 5.82 Å². The molecule has 0 aromatic heterocycles. The molecular formula is C11H10F4N2O2. The molecule has 1 aromatic carbocycles. The smallest absolute Gasteiger partial charge is 0.358 e. The highest BCUT2D eigenvalue weighted by Crippen LogP contribution is 2.32. The Morgan fingerprint density at radius 2 is 1.89 bits per heavy atom. The quantitative estimate of drug-likeness (QED) is 0.819. The van der Waals surface area contributed by atoms with Crippen LogP contribution in [0.3, 0.4) is 0 Å². The van der Waals surface area contributed by atoms with Crippen LogP contribution in [0.1, 0.15) is 15.9 Å². The van der Waals surface area contributed by atoms with E-state index in [-0.39, 0.29) is 0 Å². The van der Waals surface area contributed by atoms with Crippen LogP contribution >= 0.6 is 0 Å². The van der Waals surface area contributed by atoms with Gasteiger partial charge < -0.3 is 10.6 Å². The Kier molecular flexibility index (Phi) is 4.47. The molecule has 0 aliphatic heterocycles. The van der Waals surface area contributed by atoms with Gasteiger partial charge in [0.1, 0.15) is 5.82 Å². The van der Waals surface area contributed by atoms with Gasteiger partial charge in [-0.05, 0) is 12.1 Å². The van der Waals surface area contributed by atoms with Gasteiger partial charge in [-0.3, -0.25) is 9.59 Å². The van der Waals surface area contributed by atoms with Crippen LogP contribution in [-0.2, 0) is 11.0 Å². The number of halogens is 4. The third-order valence-electron chi connectivity index (χ3n) is 2.24. The minimum absolute atomic E-state index is 0.453. The minimum Gasteiger partial charge on any atom is -0.358 e. The maximum Gasteiger partial charge on any atom is 0.419 e. The summed E-state index contributed by atoms with van der Waals surface area (Å²) in [6.45, 7) is -0.453. The van der Waals surface area contributed by atoms with Crippen molar-refractivity contribution in [1.82, 2.24) is 10.6 Å². The van der Waals surface area contributed by atoms with Gasteiger partial charge >= 0.3 is 6.18 Å². The van der Waals surface area contributed by atoms with E-state index in [1.807, 2.05) is 5.32 Å². The van der Waals surface area contributed by atoms with Crippen LogP contribution in [0.15, 0.2) is 18.2 Å². The zero-order valence-corrected chi connectivity index (χ0v) is 9.77. The minimum atomic E-state index is -4.89. The summed E-state index contributed by atoms with van der Waals surface area (Å²) in [6.07, 6.45) is -4.89. The molecule has 0 aliphatic rings. The van der Waals surface area contributed by atoms with Gasteiger partial charge in [0, 0.05) is 7.05 Å². The average molecular weight is 278 g/mol. The summed E-state index contributed by atoms with van der Waals surface area (Å²) in [5.74, 6) is -3.31. The predicted molar refractivity (Wildman–Crippen MR) is 57.8 cm³/mol. The van der Waals surface area contributed by atoms with Gasteiger partial charge in [0.2, 0.25) is 5.91 Å². The van der Waals surface area contributed by atoms with E-state index < -0.39 is 41.5 Å². The van der Waals surface area contributed by atoms with E-state index >= 15 is 0 Å². The van der Waals surface area contributed by atoms with Gasteiger partial charge in [-0.15, -0.1) is 0 Å². The summed E-state index contributed by atoms with van der Waals surface area (Å²) in [5.41, 5.74) is -2.29. The summed E-state index contributed by atoms with van der Waals surface area (Å²) in [6, 6.07) is 2.36. The fourth-order valence-electron chi connectivity index (χ4n) is 1.27. The Hall–Kier alpha value is -2.12. The molecule has 0 heterocycles. The SMILES string of the molecule is CNC(=O)CNC(=O)c1cccc(C(F)(F)F)c1F. The predicted octanol–water partition coefficient (Wildman–Crippen LogP) is 1.32. The summed E-state index contributed by atoms with van der Waals surface area (Å²) in [5, 5.41) is 4.21. The first kappa shape index (κ1) is 14.9. The van der Waals surface area contributed by atoms with E-state index in [1.165, 1.54) is 7.05 Å². The molecule has 1 aromatic rings. The molecule has 0 unspecified atom stereocenters. The molecule has 0 fully saturated rings. The van der Waals surface area contributed by atoms with Crippen LogP contribution in [0.4, 0.5) is 17.6 Å². The summed E-state index contributed by atoms with van der Waals surface area (Å²) in [4.78, 5) is 22.3. The molecule has 0 saturated heterocycles. The van der Waals surface area contributed by atoms with Crippen molar-refractivity contribution >= 4 is 11.8 Å². The maximum absolute atomic E-state index is 13.5. The van der Waals surface area contributed by atoms with Crippen LogP contribution < -0.4 is 10.6 Å². The van der Waals surface area contributed by atoms with E-state index in [4.69, 9.17) is 0 Å². The average Bonchev–Trinajstić information content (AvgIpc) is 2.34. The van der Waals surface area contributed by atoms with E-state index in [0.29, 0.717) is 6.07 Å². The first-order chi connectivity index (χ1) is 8.77. The number of amides is 2. The number of hydrogen-bond acceptors (Lipinski definition) is 2. The number of benzene rings is 1. The van der Waals surface area contributed by atoms with Crippen LogP contribution in [0.2, 0.25) is 0 Å². The molecule has 0 bridgehead atoms. The highest BCUT2D eigenvalue weighted by molar-refractivity contribution is 5.96. The summed E-state index contributed by atoms with van der Waals surface area (Å²) in [7, 11) is 1.32. The molecule has 0 spiro atoms. The molecule has 1 rings (SSSR count). The molecule has 104 valence electrons. The fourth-order valence-corrected chi connectivity index (χ4v) is 1.27. The number of carbonyl (C=O) groups is 2. The first-order valence-corrected chi connectivity index (χ1v) is 5.12.